The number of amides is 1. The van der Waals surface area contributed by atoms with Gasteiger partial charge in [0.05, 0.1) is 17.7 Å². The molecule has 0 bridgehead atoms. The highest BCUT2D eigenvalue weighted by Gasteiger charge is 2.15. The van der Waals surface area contributed by atoms with Crippen molar-refractivity contribution in [3.8, 4) is 0 Å². The second-order valence-corrected chi connectivity index (χ2v) is 5.53. The van der Waals surface area contributed by atoms with Crippen molar-refractivity contribution in [2.45, 2.75) is 13.5 Å². The number of nitrogens with two attached hydrogens (primary N) is 1. The summed E-state index contributed by atoms with van der Waals surface area (Å²) in [7, 11) is 1.73. The minimum atomic E-state index is -0.129. The van der Waals surface area contributed by atoms with Crippen LogP contribution in [-0.2, 0) is 6.54 Å². The fourth-order valence-corrected chi connectivity index (χ4v) is 2.68. The van der Waals surface area contributed by atoms with Crippen LogP contribution < -0.4 is 5.73 Å². The first-order valence-corrected chi connectivity index (χ1v) is 7.13. The van der Waals surface area contributed by atoms with Crippen LogP contribution in [-0.4, -0.2) is 33.9 Å². The molecule has 0 saturated heterocycles. The molecule has 1 aromatic carbocycles. The average Bonchev–Trinajstić information content (AvgIpc) is 2.90. The molecule has 0 radical (unpaired) electrons. The van der Waals surface area contributed by atoms with Gasteiger partial charge in [-0.05, 0) is 19.1 Å². The molecule has 6 nitrogen and oxygen atoms in total. The zero-order chi connectivity index (χ0) is 15.4. The number of nitrogens with zero attached hydrogens (tertiary/aromatic N) is 3. The van der Waals surface area contributed by atoms with Gasteiger partial charge in [-0.25, -0.2) is 4.98 Å². The topological polar surface area (TPSA) is 91.8 Å². The molecule has 0 aliphatic heterocycles. The maximum absolute atomic E-state index is 12.4. The molecule has 7 heteroatoms. The van der Waals surface area contributed by atoms with Crippen molar-refractivity contribution in [1.29, 1.82) is 0 Å². The summed E-state index contributed by atoms with van der Waals surface area (Å²) in [6, 6.07) is 6.69. The van der Waals surface area contributed by atoms with Crippen LogP contribution in [0.5, 0.6) is 0 Å². The third kappa shape index (κ3) is 3.38. The second-order valence-electron chi connectivity index (χ2n) is 4.59. The molecule has 110 valence electrons. The number of hydrogen-bond acceptors (Lipinski definition) is 5. The number of hydrogen-bond donors (Lipinski definition) is 2. The summed E-state index contributed by atoms with van der Waals surface area (Å²) in [5, 5.41) is 11.6. The minimum Gasteiger partial charge on any atom is -0.409 e. The maximum atomic E-state index is 12.4. The Morgan fingerprint density at radius 3 is 2.81 bits per heavy atom. The molecule has 1 heterocycles. The average molecular weight is 304 g/mol. The van der Waals surface area contributed by atoms with Gasteiger partial charge in [0.1, 0.15) is 0 Å². The lowest BCUT2D eigenvalue weighted by Gasteiger charge is -2.17. The summed E-state index contributed by atoms with van der Waals surface area (Å²) in [4.78, 5) is 19.3. The molecule has 1 amide bonds. The summed E-state index contributed by atoms with van der Waals surface area (Å²) >= 11 is 1.52. The van der Waals surface area contributed by atoms with Crippen molar-refractivity contribution in [3.05, 3.63) is 51.5 Å². The van der Waals surface area contributed by atoms with Crippen LogP contribution in [0.4, 0.5) is 0 Å². The molecule has 0 spiro atoms. The number of carbonyl (C=O) groups is 1. The number of rotatable bonds is 4. The van der Waals surface area contributed by atoms with Gasteiger partial charge < -0.3 is 15.8 Å². The molecule has 3 N–H and O–H groups in total. The Morgan fingerprint density at radius 1 is 1.48 bits per heavy atom. The van der Waals surface area contributed by atoms with Gasteiger partial charge in [-0.2, -0.15) is 0 Å². The predicted molar refractivity (Wildman–Crippen MR) is 81.6 cm³/mol. The third-order valence-corrected chi connectivity index (χ3v) is 4.01. The van der Waals surface area contributed by atoms with Gasteiger partial charge in [0.15, 0.2) is 5.84 Å². The van der Waals surface area contributed by atoms with Crippen molar-refractivity contribution in [2.24, 2.45) is 10.9 Å². The zero-order valence-corrected chi connectivity index (χ0v) is 12.6. The number of aromatic nitrogens is 1. The number of aryl methyl sites for hydroxylation is 1. The second kappa shape index (κ2) is 6.36. The van der Waals surface area contributed by atoms with E-state index in [4.69, 9.17) is 10.9 Å². The number of benzene rings is 1. The third-order valence-electron chi connectivity index (χ3n) is 3.09. The Kier molecular flexibility index (Phi) is 4.54. The van der Waals surface area contributed by atoms with E-state index in [9.17, 15) is 4.79 Å². The largest absolute Gasteiger partial charge is 0.409 e. The Balaban J connectivity index is 2.18. The van der Waals surface area contributed by atoms with E-state index in [1.165, 1.54) is 11.3 Å². The lowest BCUT2D eigenvalue weighted by atomic mass is 10.1. The Morgan fingerprint density at radius 2 is 2.19 bits per heavy atom. The summed E-state index contributed by atoms with van der Waals surface area (Å²) in [5.41, 5.74) is 9.23. The molecule has 2 aromatic rings. The SMILES string of the molecule is Cc1ncsc1CN(C)C(=O)c1cccc(C(N)=NO)c1. The number of thiazole rings is 1. The molecular formula is C14H16N4O2S. The normalized spacial score (nSPS) is 11.4. The monoisotopic (exact) mass is 304 g/mol. The molecule has 0 aliphatic rings. The smallest absolute Gasteiger partial charge is 0.253 e. The Bertz CT molecular complexity index is 681. The van der Waals surface area contributed by atoms with Gasteiger partial charge >= 0.3 is 0 Å². The summed E-state index contributed by atoms with van der Waals surface area (Å²) in [6.45, 7) is 2.42. The molecule has 0 unspecified atom stereocenters. The zero-order valence-electron chi connectivity index (χ0n) is 11.8. The van der Waals surface area contributed by atoms with E-state index in [1.807, 2.05) is 6.92 Å². The van der Waals surface area contributed by atoms with Crippen LogP contribution in [0, 0.1) is 6.92 Å². The minimum absolute atomic E-state index is 0.0226. The van der Waals surface area contributed by atoms with E-state index < -0.39 is 0 Å². The lowest BCUT2D eigenvalue weighted by Crippen LogP contribution is -2.26. The van der Waals surface area contributed by atoms with E-state index in [-0.39, 0.29) is 11.7 Å². The van der Waals surface area contributed by atoms with Crippen molar-refractivity contribution in [1.82, 2.24) is 9.88 Å². The van der Waals surface area contributed by atoms with Crippen molar-refractivity contribution >= 4 is 23.1 Å². The Hall–Kier alpha value is -2.41. The van der Waals surface area contributed by atoms with Crippen molar-refractivity contribution < 1.29 is 10.0 Å². The van der Waals surface area contributed by atoms with E-state index in [2.05, 4.69) is 10.1 Å². The number of carbonyl (C=O) groups excluding carboxylic acids is 1. The van der Waals surface area contributed by atoms with Gasteiger partial charge in [-0.3, -0.25) is 4.79 Å². The predicted octanol–water partition coefficient (Wildman–Crippen LogP) is 1.82. The van der Waals surface area contributed by atoms with Crippen LogP contribution in [0.15, 0.2) is 34.9 Å². The highest BCUT2D eigenvalue weighted by Crippen LogP contribution is 2.16. The fourth-order valence-electron chi connectivity index (χ4n) is 1.85. The summed E-state index contributed by atoms with van der Waals surface area (Å²) in [5.74, 6) is -0.152. The van der Waals surface area contributed by atoms with Crippen LogP contribution in [0.3, 0.4) is 0 Å². The van der Waals surface area contributed by atoms with E-state index in [1.54, 1.807) is 41.7 Å². The number of amidine groups is 1. The van der Waals surface area contributed by atoms with E-state index >= 15 is 0 Å². The molecule has 1 aromatic heterocycles. The maximum Gasteiger partial charge on any atom is 0.253 e. The standard InChI is InChI=1S/C14H16N4O2S/c1-9-12(21-8-16-9)7-18(2)14(19)11-5-3-4-10(6-11)13(15)17-20/h3-6,8,20H,7H2,1-2H3,(H2,15,17). The van der Waals surface area contributed by atoms with Gasteiger partial charge in [-0.1, -0.05) is 17.3 Å². The molecule has 0 fully saturated rings. The first-order chi connectivity index (χ1) is 10.0. The van der Waals surface area contributed by atoms with Crippen LogP contribution in [0.2, 0.25) is 0 Å². The highest BCUT2D eigenvalue weighted by atomic mass is 32.1. The molecule has 0 saturated carbocycles. The van der Waals surface area contributed by atoms with Crippen LogP contribution in [0.1, 0.15) is 26.5 Å². The van der Waals surface area contributed by atoms with Gasteiger partial charge in [0.2, 0.25) is 0 Å². The van der Waals surface area contributed by atoms with Gasteiger partial charge in [-0.15, -0.1) is 11.3 Å². The van der Waals surface area contributed by atoms with Crippen molar-refractivity contribution in [2.75, 3.05) is 7.05 Å². The molecule has 2 rings (SSSR count). The summed E-state index contributed by atoms with van der Waals surface area (Å²) in [6.07, 6.45) is 0. The molecular weight excluding hydrogens is 288 g/mol. The first-order valence-electron chi connectivity index (χ1n) is 6.25. The lowest BCUT2D eigenvalue weighted by molar-refractivity contribution is 0.0786. The van der Waals surface area contributed by atoms with E-state index in [0.29, 0.717) is 17.7 Å². The summed E-state index contributed by atoms with van der Waals surface area (Å²) < 4.78 is 0. The van der Waals surface area contributed by atoms with Crippen LogP contribution in [0.25, 0.3) is 0 Å². The van der Waals surface area contributed by atoms with Gasteiger partial charge in [0, 0.05) is 23.1 Å². The number of oxime groups is 1. The molecule has 21 heavy (non-hydrogen) atoms. The van der Waals surface area contributed by atoms with E-state index in [0.717, 1.165) is 10.6 Å². The highest BCUT2D eigenvalue weighted by molar-refractivity contribution is 7.09. The molecule has 0 atom stereocenters. The quantitative estimate of drug-likeness (QED) is 0.390. The Labute approximate surface area is 126 Å². The van der Waals surface area contributed by atoms with Crippen LogP contribution >= 0.6 is 11.3 Å². The van der Waals surface area contributed by atoms with Crippen molar-refractivity contribution in [3.63, 3.8) is 0 Å². The first kappa shape index (κ1) is 15.0. The van der Waals surface area contributed by atoms with Gasteiger partial charge in [0.25, 0.3) is 5.91 Å². The fraction of sp³-hybridized carbons (Fsp3) is 0.214. The molecule has 0 aliphatic carbocycles.